The molecule has 0 spiro atoms. The van der Waals surface area contributed by atoms with E-state index in [2.05, 4.69) is 122 Å². The van der Waals surface area contributed by atoms with Gasteiger partial charge in [0.2, 0.25) is 5.82 Å². The quantitative estimate of drug-likeness (QED) is 0.0230. The molecule has 5 atom stereocenters. The topological polar surface area (TPSA) is 268 Å². The number of β-amino-alcohol motifs (C(OH)–C–C–N with tert-alkyl or cyclic N) is 4. The number of morpholine rings is 1. The standard InChI is InChI=1S/C17H24N2O3.C16H25NO2S.C15H25NO2.C13H24N4O3S.C13H21NO2/c1-17(2,3)18-9-12(20)11-22-15-10-19(4)16(21)14-8-6-5-7-13(14)15;1-16(2,3)17-10-13(18)11-19-14-8-4-6-12-7-5-9-20-15(12)14;1-11-7-6-8-14(12(11)2)18-10-13(17)9-16-15(3,4)5;1-13(2,3)14-8-10(18)9-20-12-11(15-21-16-12)17-4-6-19-7-5-17;1-10(2)14-8-12(15)9-16-13-6-4-5-11(3)7-13/h5-8,10,12,18,20H,9,11H2,1-4H3;4,6,8,13,17-18H,5,7,9-11H2,1-3H3;6-8,13,16-17H,9-10H2,1-5H3;10,14,18H,4-9H2,1-3H3;4-7,10,12,14-15H,8-9H2,1-3H3/t;;;10-;/m...0./s1. The molecule has 23 heteroatoms. The first-order valence-corrected chi connectivity index (χ1v) is 35.7. The number of benzene rings is 4. The molecule has 2 aromatic heterocycles. The van der Waals surface area contributed by atoms with Crippen molar-refractivity contribution in [1.29, 1.82) is 0 Å². The van der Waals surface area contributed by atoms with E-state index in [0.717, 1.165) is 76.6 Å². The summed E-state index contributed by atoms with van der Waals surface area (Å²) in [5.74, 6) is 5.58. The maximum atomic E-state index is 12.1. The maximum absolute atomic E-state index is 12.1. The van der Waals surface area contributed by atoms with Crippen molar-refractivity contribution in [2.75, 3.05) is 103 Å². The number of nitrogens with one attached hydrogen (secondary N) is 5. The van der Waals surface area contributed by atoms with Crippen molar-refractivity contribution in [3.63, 3.8) is 0 Å². The number of hydrogen-bond donors (Lipinski definition) is 10. The smallest absolute Gasteiger partial charge is 0.270 e. The SMILES string of the molecule is CC(C)(C)NCC(O)COc1cccc2c1SCCC2.CC(C)(C)NC[C@H](O)COc1nsnc1N1CCOCC1.Cc1cccc(OCC(O)CNC(C)(C)C)c1C.Cc1cccc(OCC(O)CNC(C)C)c1.Cn1cc(OCC(O)CNC(C)(C)C)c2ccccc2c1=O. The van der Waals surface area contributed by atoms with Gasteiger partial charge in [-0.15, -0.1) is 16.1 Å². The number of aliphatic hydroxyl groups excluding tert-OH is 5. The molecule has 0 aliphatic carbocycles. The Bertz CT molecular complexity index is 3250. The Hall–Kier alpha value is -5.64. The second-order valence-electron chi connectivity index (χ2n) is 29.1. The van der Waals surface area contributed by atoms with Crippen LogP contribution in [0.4, 0.5) is 5.82 Å². The Morgan fingerprint density at radius 1 is 0.567 bits per heavy atom. The van der Waals surface area contributed by atoms with Crippen molar-refractivity contribution in [3.8, 4) is 28.9 Å². The number of nitrogens with zero attached hydrogens (tertiary/aromatic N) is 4. The Kier molecular flexibility index (Phi) is 36.1. The minimum absolute atomic E-state index is 0.0141. The van der Waals surface area contributed by atoms with Gasteiger partial charge in [-0.1, -0.05) is 68.4 Å². The average Bonchev–Trinajstić information content (AvgIpc) is 1.12. The van der Waals surface area contributed by atoms with Gasteiger partial charge in [0.1, 0.15) is 86.6 Å². The predicted molar refractivity (Wildman–Crippen MR) is 396 cm³/mol. The molecule has 1 saturated heterocycles. The number of hydrogen-bond acceptors (Lipinski definition) is 22. The minimum atomic E-state index is -0.616. The number of aliphatic hydroxyl groups is 5. The van der Waals surface area contributed by atoms with E-state index in [1.54, 1.807) is 19.3 Å². The average molecular weight is 1390 g/mol. The van der Waals surface area contributed by atoms with Crippen molar-refractivity contribution in [2.24, 2.45) is 7.05 Å². The number of fused-ring (bicyclic) bond motifs is 2. The van der Waals surface area contributed by atoms with Crippen molar-refractivity contribution in [2.45, 2.75) is 194 Å². The van der Waals surface area contributed by atoms with Gasteiger partial charge in [0.15, 0.2) is 0 Å². The molecular formula is C74H119N9O12S2. The van der Waals surface area contributed by atoms with Gasteiger partial charge < -0.3 is 90.0 Å². The fourth-order valence-electron chi connectivity index (χ4n) is 9.07. The third-order valence-electron chi connectivity index (χ3n) is 14.6. The van der Waals surface area contributed by atoms with Gasteiger partial charge in [-0.25, -0.2) is 0 Å². The number of ether oxygens (including phenoxy) is 6. The summed E-state index contributed by atoms with van der Waals surface area (Å²) in [4.78, 5) is 15.4. The molecule has 0 bridgehead atoms. The van der Waals surface area contributed by atoms with Gasteiger partial charge in [0, 0.05) is 92.6 Å². The zero-order chi connectivity index (χ0) is 71.9. The number of pyridine rings is 1. The van der Waals surface area contributed by atoms with Crippen LogP contribution in [0.3, 0.4) is 0 Å². The van der Waals surface area contributed by atoms with E-state index < -0.39 is 30.5 Å². The maximum Gasteiger partial charge on any atom is 0.270 e. The summed E-state index contributed by atoms with van der Waals surface area (Å²) in [7, 11) is 1.69. The van der Waals surface area contributed by atoms with Gasteiger partial charge in [-0.05, 0) is 175 Å². The van der Waals surface area contributed by atoms with Crippen LogP contribution in [-0.4, -0.2) is 195 Å². The molecule has 1 fully saturated rings. The van der Waals surface area contributed by atoms with Crippen molar-refractivity contribution in [3.05, 3.63) is 124 Å². The molecule has 4 heterocycles. The molecular weight excluding hydrogens is 1270 g/mol. The Labute approximate surface area is 587 Å². The molecule has 4 unspecified atom stereocenters. The van der Waals surface area contributed by atoms with E-state index in [0.29, 0.717) is 88.8 Å². The summed E-state index contributed by atoms with van der Waals surface area (Å²) in [6.07, 6.45) is 1.38. The molecule has 2 aliphatic heterocycles. The van der Waals surface area contributed by atoms with E-state index in [4.69, 9.17) is 28.4 Å². The van der Waals surface area contributed by atoms with Crippen molar-refractivity contribution < 1.29 is 54.0 Å². The van der Waals surface area contributed by atoms with E-state index >= 15 is 0 Å². The molecule has 8 rings (SSSR count). The fraction of sp³-hybridized carbons (Fsp3) is 0.608. The van der Waals surface area contributed by atoms with E-state index in [1.165, 1.54) is 27.0 Å². The highest BCUT2D eigenvalue weighted by Gasteiger charge is 2.23. The zero-order valence-corrected chi connectivity index (χ0v) is 63.0. The highest BCUT2D eigenvalue weighted by molar-refractivity contribution is 7.99. The van der Waals surface area contributed by atoms with Crippen LogP contribution >= 0.6 is 23.5 Å². The van der Waals surface area contributed by atoms with Gasteiger partial charge in [0.25, 0.3) is 11.4 Å². The first-order valence-electron chi connectivity index (χ1n) is 33.9. The Morgan fingerprint density at radius 3 is 1.60 bits per heavy atom. The lowest BCUT2D eigenvalue weighted by molar-refractivity contribution is 0.0975. The van der Waals surface area contributed by atoms with Crippen LogP contribution < -0.4 is 60.7 Å². The number of anilines is 1. The molecule has 2 aliphatic rings. The first kappa shape index (κ1) is 83.8. The van der Waals surface area contributed by atoms with Crippen LogP contribution in [0, 0.1) is 20.8 Å². The second kappa shape index (κ2) is 41.8. The summed E-state index contributed by atoms with van der Waals surface area (Å²) in [6.45, 7) is 41.9. The molecule has 0 radical (unpaired) electrons. The lowest BCUT2D eigenvalue weighted by Gasteiger charge is -2.27. The highest BCUT2D eigenvalue weighted by Crippen LogP contribution is 2.37. The normalized spacial score (nSPS) is 14.9. The summed E-state index contributed by atoms with van der Waals surface area (Å²) in [5, 5.41) is 67.0. The van der Waals surface area contributed by atoms with Crippen LogP contribution in [-0.2, 0) is 18.2 Å². The largest absolute Gasteiger partial charge is 0.491 e. The molecule has 4 aromatic carbocycles. The molecule has 21 nitrogen and oxygen atoms in total. The summed E-state index contributed by atoms with van der Waals surface area (Å²) < 4.78 is 43.6. The monoisotopic (exact) mass is 1390 g/mol. The Morgan fingerprint density at radius 2 is 1.05 bits per heavy atom. The third-order valence-corrected chi connectivity index (χ3v) is 16.4. The predicted octanol–water partition coefficient (Wildman–Crippen LogP) is 9.19. The number of thioether (sulfide) groups is 1. The fourth-order valence-corrected chi connectivity index (χ4v) is 10.7. The van der Waals surface area contributed by atoms with Crippen LogP contribution in [0.15, 0.2) is 101 Å². The van der Waals surface area contributed by atoms with Gasteiger partial charge >= 0.3 is 0 Å². The van der Waals surface area contributed by atoms with E-state index in [-0.39, 0.29) is 40.9 Å². The van der Waals surface area contributed by atoms with Gasteiger partial charge in [-0.2, -0.15) is 4.37 Å². The first-order chi connectivity index (χ1) is 45.6. The second-order valence-corrected chi connectivity index (χ2v) is 30.7. The lowest BCUT2D eigenvalue weighted by Crippen LogP contribution is -2.42. The van der Waals surface area contributed by atoms with E-state index in [1.807, 2.05) is 127 Å². The van der Waals surface area contributed by atoms with Gasteiger partial charge in [-0.3, -0.25) is 4.79 Å². The summed E-state index contributed by atoms with van der Waals surface area (Å²) >= 11 is 2.99. The molecule has 97 heavy (non-hydrogen) atoms. The van der Waals surface area contributed by atoms with Gasteiger partial charge in [0.05, 0.1) is 35.2 Å². The van der Waals surface area contributed by atoms with Crippen LogP contribution in [0.5, 0.6) is 28.9 Å². The van der Waals surface area contributed by atoms with E-state index in [9.17, 15) is 30.3 Å². The summed E-state index contributed by atoms with van der Waals surface area (Å²) in [6, 6.07) is 27.7. The lowest BCUT2D eigenvalue weighted by atomic mass is 10.1. The van der Waals surface area contributed by atoms with Crippen LogP contribution in [0.25, 0.3) is 10.8 Å². The van der Waals surface area contributed by atoms with Crippen molar-refractivity contribution >= 4 is 40.1 Å². The number of aromatic nitrogens is 3. The summed E-state index contributed by atoms with van der Waals surface area (Å²) in [5.41, 5.74) is 4.77. The number of aryl methyl sites for hydroxylation is 4. The van der Waals surface area contributed by atoms with Crippen LogP contribution in [0.2, 0.25) is 0 Å². The zero-order valence-electron chi connectivity index (χ0n) is 61.3. The molecule has 10 N–H and O–H groups in total. The molecule has 6 aromatic rings. The molecule has 544 valence electrons. The molecule has 0 amide bonds. The van der Waals surface area contributed by atoms with Crippen LogP contribution in [0.1, 0.15) is 126 Å². The third kappa shape index (κ3) is 34.8. The highest BCUT2D eigenvalue weighted by atomic mass is 32.2. The minimum Gasteiger partial charge on any atom is -0.491 e. The Balaban J connectivity index is 0.000000259. The van der Waals surface area contributed by atoms with Crippen molar-refractivity contribution in [1.82, 2.24) is 39.9 Å². The number of rotatable bonds is 27. The molecule has 0 saturated carbocycles.